The van der Waals surface area contributed by atoms with Crippen molar-refractivity contribution in [2.75, 3.05) is 6.54 Å². The molecule has 1 fully saturated rings. The van der Waals surface area contributed by atoms with Crippen LogP contribution in [0.2, 0.25) is 0 Å². The van der Waals surface area contributed by atoms with Gasteiger partial charge in [-0.1, -0.05) is 37.8 Å². The second-order valence-electron chi connectivity index (χ2n) is 4.86. The second-order valence-corrected chi connectivity index (χ2v) is 4.86. The molecule has 0 aromatic carbocycles. The summed E-state index contributed by atoms with van der Waals surface area (Å²) in [4.78, 5) is 4.47. The Labute approximate surface area is 103 Å². The molecule has 0 spiro atoms. The van der Waals surface area contributed by atoms with E-state index in [4.69, 9.17) is 4.52 Å². The monoisotopic (exact) mass is 237 g/mol. The molecule has 1 unspecified atom stereocenters. The van der Waals surface area contributed by atoms with Crippen molar-refractivity contribution in [3.05, 3.63) is 11.7 Å². The molecule has 17 heavy (non-hydrogen) atoms. The van der Waals surface area contributed by atoms with Gasteiger partial charge in [-0.05, 0) is 25.8 Å². The van der Waals surface area contributed by atoms with Crippen LogP contribution in [0.1, 0.15) is 69.6 Å². The van der Waals surface area contributed by atoms with E-state index in [1.807, 2.05) is 0 Å². The van der Waals surface area contributed by atoms with Crippen LogP contribution in [0.15, 0.2) is 4.52 Å². The predicted molar refractivity (Wildman–Crippen MR) is 66.7 cm³/mol. The van der Waals surface area contributed by atoms with E-state index in [0.29, 0.717) is 6.04 Å². The SMILES string of the molecule is CCCCCCCc1nc(C2CCCN2)no1. The van der Waals surface area contributed by atoms with Gasteiger partial charge in [0, 0.05) is 6.42 Å². The Kier molecular flexibility index (Phi) is 4.98. The van der Waals surface area contributed by atoms with E-state index < -0.39 is 0 Å². The van der Waals surface area contributed by atoms with E-state index in [0.717, 1.165) is 31.1 Å². The molecule has 1 aromatic rings. The van der Waals surface area contributed by atoms with Crippen LogP contribution in [0.5, 0.6) is 0 Å². The van der Waals surface area contributed by atoms with Gasteiger partial charge in [0.05, 0.1) is 6.04 Å². The third-order valence-corrected chi connectivity index (χ3v) is 3.35. The fourth-order valence-corrected chi connectivity index (χ4v) is 2.30. The number of nitrogens with zero attached hydrogens (tertiary/aromatic N) is 2. The molecule has 2 heterocycles. The zero-order valence-corrected chi connectivity index (χ0v) is 10.7. The number of hydrogen-bond donors (Lipinski definition) is 1. The minimum atomic E-state index is 0.326. The Morgan fingerprint density at radius 1 is 1.29 bits per heavy atom. The Balaban J connectivity index is 1.70. The minimum Gasteiger partial charge on any atom is -0.339 e. The molecule has 2 rings (SSSR count). The molecular formula is C13H23N3O. The summed E-state index contributed by atoms with van der Waals surface area (Å²) in [6.45, 7) is 3.31. The highest BCUT2D eigenvalue weighted by Gasteiger charge is 2.21. The number of hydrogen-bond acceptors (Lipinski definition) is 4. The highest BCUT2D eigenvalue weighted by molar-refractivity contribution is 4.96. The molecule has 96 valence electrons. The second kappa shape index (κ2) is 6.74. The van der Waals surface area contributed by atoms with Gasteiger partial charge in [-0.3, -0.25) is 0 Å². The lowest BCUT2D eigenvalue weighted by molar-refractivity contribution is 0.363. The van der Waals surface area contributed by atoms with Gasteiger partial charge in [0.1, 0.15) is 0 Å². The minimum absolute atomic E-state index is 0.326. The first-order valence-corrected chi connectivity index (χ1v) is 6.96. The van der Waals surface area contributed by atoms with Crippen LogP contribution >= 0.6 is 0 Å². The molecular weight excluding hydrogens is 214 g/mol. The summed E-state index contributed by atoms with van der Waals surface area (Å²) in [7, 11) is 0. The quantitative estimate of drug-likeness (QED) is 0.741. The summed E-state index contributed by atoms with van der Waals surface area (Å²) in [5.41, 5.74) is 0. The van der Waals surface area contributed by atoms with E-state index in [2.05, 4.69) is 22.4 Å². The summed E-state index contributed by atoms with van der Waals surface area (Å²) in [5.74, 6) is 1.66. The first kappa shape index (κ1) is 12.6. The largest absolute Gasteiger partial charge is 0.339 e. The van der Waals surface area contributed by atoms with E-state index in [-0.39, 0.29) is 0 Å². The summed E-state index contributed by atoms with van der Waals surface area (Å²) >= 11 is 0. The van der Waals surface area contributed by atoms with E-state index in [9.17, 15) is 0 Å². The van der Waals surface area contributed by atoms with Gasteiger partial charge >= 0.3 is 0 Å². The predicted octanol–water partition coefficient (Wildman–Crippen LogP) is 3.01. The van der Waals surface area contributed by atoms with Crippen molar-refractivity contribution in [3.8, 4) is 0 Å². The number of rotatable bonds is 7. The van der Waals surface area contributed by atoms with Crippen molar-refractivity contribution in [1.29, 1.82) is 0 Å². The smallest absolute Gasteiger partial charge is 0.226 e. The van der Waals surface area contributed by atoms with Crippen molar-refractivity contribution in [1.82, 2.24) is 15.5 Å². The zero-order chi connectivity index (χ0) is 11.9. The van der Waals surface area contributed by atoms with E-state index in [1.165, 1.54) is 38.5 Å². The average molecular weight is 237 g/mol. The molecule has 0 saturated carbocycles. The standard InChI is InChI=1S/C13H23N3O/c1-2-3-4-5-6-9-12-15-13(16-17-12)11-8-7-10-14-11/h11,14H,2-10H2,1H3. The maximum Gasteiger partial charge on any atom is 0.226 e. The lowest BCUT2D eigenvalue weighted by Gasteiger charge is -2.01. The van der Waals surface area contributed by atoms with Crippen LogP contribution in [0.3, 0.4) is 0 Å². The topological polar surface area (TPSA) is 51.0 Å². The Bertz CT molecular complexity index is 318. The maximum atomic E-state index is 5.28. The fraction of sp³-hybridized carbons (Fsp3) is 0.846. The molecule has 0 amide bonds. The molecule has 1 aromatic heterocycles. The van der Waals surface area contributed by atoms with Crippen molar-refractivity contribution < 1.29 is 4.52 Å². The average Bonchev–Trinajstić information content (AvgIpc) is 2.99. The third-order valence-electron chi connectivity index (χ3n) is 3.35. The fourth-order valence-electron chi connectivity index (χ4n) is 2.30. The number of aromatic nitrogens is 2. The van der Waals surface area contributed by atoms with Gasteiger partial charge in [-0.15, -0.1) is 0 Å². The molecule has 1 N–H and O–H groups in total. The summed E-state index contributed by atoms with van der Waals surface area (Å²) in [5, 5.41) is 7.45. The number of nitrogens with one attached hydrogen (secondary N) is 1. The highest BCUT2D eigenvalue weighted by Crippen LogP contribution is 2.20. The molecule has 1 aliphatic rings. The van der Waals surface area contributed by atoms with E-state index in [1.54, 1.807) is 0 Å². The van der Waals surface area contributed by atoms with Crippen LogP contribution in [0, 0.1) is 0 Å². The molecule has 0 bridgehead atoms. The normalized spacial score (nSPS) is 19.9. The van der Waals surface area contributed by atoms with Crippen molar-refractivity contribution >= 4 is 0 Å². The first-order chi connectivity index (χ1) is 8.40. The first-order valence-electron chi connectivity index (χ1n) is 6.96. The Morgan fingerprint density at radius 2 is 2.18 bits per heavy atom. The van der Waals surface area contributed by atoms with Gasteiger partial charge < -0.3 is 9.84 Å². The van der Waals surface area contributed by atoms with Crippen molar-refractivity contribution in [2.24, 2.45) is 0 Å². The molecule has 1 atom stereocenters. The van der Waals surface area contributed by atoms with Gasteiger partial charge in [0.25, 0.3) is 0 Å². The lowest BCUT2D eigenvalue weighted by atomic mass is 10.1. The van der Waals surface area contributed by atoms with Crippen molar-refractivity contribution in [2.45, 2.75) is 64.3 Å². The van der Waals surface area contributed by atoms with Crippen LogP contribution in [-0.4, -0.2) is 16.7 Å². The zero-order valence-electron chi connectivity index (χ0n) is 10.7. The van der Waals surface area contributed by atoms with Crippen LogP contribution in [0.25, 0.3) is 0 Å². The van der Waals surface area contributed by atoms with Crippen LogP contribution < -0.4 is 5.32 Å². The Hall–Kier alpha value is -0.900. The summed E-state index contributed by atoms with van der Waals surface area (Å²) in [6, 6.07) is 0.326. The lowest BCUT2D eigenvalue weighted by Crippen LogP contribution is -2.14. The van der Waals surface area contributed by atoms with Gasteiger partial charge in [-0.25, -0.2) is 0 Å². The molecule has 1 saturated heterocycles. The highest BCUT2D eigenvalue weighted by atomic mass is 16.5. The van der Waals surface area contributed by atoms with Crippen LogP contribution in [0.4, 0.5) is 0 Å². The number of aryl methyl sites for hydroxylation is 1. The molecule has 0 aliphatic carbocycles. The summed E-state index contributed by atoms with van der Waals surface area (Å²) in [6.07, 6.45) is 9.66. The van der Waals surface area contributed by atoms with Gasteiger partial charge in [0.2, 0.25) is 5.89 Å². The molecule has 0 radical (unpaired) electrons. The maximum absolute atomic E-state index is 5.28. The van der Waals surface area contributed by atoms with Crippen molar-refractivity contribution in [3.63, 3.8) is 0 Å². The molecule has 1 aliphatic heterocycles. The van der Waals surface area contributed by atoms with Gasteiger partial charge in [0.15, 0.2) is 5.82 Å². The summed E-state index contributed by atoms with van der Waals surface area (Å²) < 4.78 is 5.28. The Morgan fingerprint density at radius 3 is 2.94 bits per heavy atom. The molecule has 4 heteroatoms. The van der Waals surface area contributed by atoms with Crippen LogP contribution in [-0.2, 0) is 6.42 Å². The van der Waals surface area contributed by atoms with E-state index >= 15 is 0 Å². The number of unbranched alkanes of at least 4 members (excludes halogenated alkanes) is 4. The van der Waals surface area contributed by atoms with Gasteiger partial charge in [-0.2, -0.15) is 4.98 Å². The third kappa shape index (κ3) is 3.80. The molecule has 4 nitrogen and oxygen atoms in total.